The van der Waals surface area contributed by atoms with Gasteiger partial charge in [-0.15, -0.1) is 0 Å². The number of carbonyl (C=O) groups excluding carboxylic acids is 1. The SMILES string of the molecule is Cc1c(Cl)cccc1NC(=O)CSc1nc2cn(C)nc2c(=O)n1CC1CC1. The standard InChI is InChI=1S/C19H20ClN5O2S/c1-11-13(20)4-3-5-14(11)21-16(26)10-28-19-22-15-9-24(2)23-17(15)18(27)25(19)8-12-6-7-12/h3-5,9,12H,6-8,10H2,1-2H3,(H,21,26). The molecule has 1 fully saturated rings. The molecule has 4 rings (SSSR count). The summed E-state index contributed by atoms with van der Waals surface area (Å²) in [5, 5.41) is 8.26. The molecule has 0 spiro atoms. The van der Waals surface area contributed by atoms with Gasteiger partial charge in [0.05, 0.1) is 11.9 Å². The van der Waals surface area contributed by atoms with E-state index in [9.17, 15) is 9.59 Å². The van der Waals surface area contributed by atoms with Crippen LogP contribution in [0, 0.1) is 12.8 Å². The van der Waals surface area contributed by atoms with Crippen LogP contribution in [0.4, 0.5) is 5.69 Å². The van der Waals surface area contributed by atoms with Crippen LogP contribution in [0.2, 0.25) is 5.02 Å². The summed E-state index contributed by atoms with van der Waals surface area (Å²) in [5.41, 5.74) is 2.28. The molecule has 3 aromatic rings. The van der Waals surface area contributed by atoms with Gasteiger partial charge in [-0.1, -0.05) is 29.4 Å². The van der Waals surface area contributed by atoms with E-state index in [1.807, 2.05) is 13.0 Å². The topological polar surface area (TPSA) is 81.8 Å². The summed E-state index contributed by atoms with van der Waals surface area (Å²) in [5.74, 6) is 0.478. The molecule has 1 saturated carbocycles. The van der Waals surface area contributed by atoms with Gasteiger partial charge in [0.15, 0.2) is 10.7 Å². The van der Waals surface area contributed by atoms with E-state index in [2.05, 4.69) is 15.4 Å². The maximum Gasteiger partial charge on any atom is 0.282 e. The van der Waals surface area contributed by atoms with E-state index in [1.165, 1.54) is 11.8 Å². The summed E-state index contributed by atoms with van der Waals surface area (Å²) in [4.78, 5) is 29.9. The summed E-state index contributed by atoms with van der Waals surface area (Å²) in [6.45, 7) is 2.48. The normalized spacial score (nSPS) is 13.8. The second kappa shape index (κ2) is 7.60. The molecule has 9 heteroatoms. The van der Waals surface area contributed by atoms with Crippen molar-refractivity contribution in [3.8, 4) is 0 Å². The number of benzene rings is 1. The molecule has 146 valence electrons. The van der Waals surface area contributed by atoms with E-state index in [1.54, 1.807) is 34.6 Å². The van der Waals surface area contributed by atoms with E-state index in [0.29, 0.717) is 39.4 Å². The number of rotatable bonds is 6. The fraction of sp³-hybridized carbons (Fsp3) is 0.368. The molecule has 0 aliphatic heterocycles. The molecule has 1 aliphatic rings. The minimum atomic E-state index is -0.172. The average molecular weight is 418 g/mol. The van der Waals surface area contributed by atoms with E-state index in [0.717, 1.165) is 18.4 Å². The molecule has 7 nitrogen and oxygen atoms in total. The van der Waals surface area contributed by atoms with Crippen LogP contribution in [-0.2, 0) is 18.4 Å². The lowest BCUT2D eigenvalue weighted by Crippen LogP contribution is -2.25. The number of halogens is 1. The summed E-state index contributed by atoms with van der Waals surface area (Å²) in [6, 6.07) is 5.39. The number of thioether (sulfide) groups is 1. The van der Waals surface area contributed by atoms with Gasteiger partial charge in [-0.3, -0.25) is 18.8 Å². The Bertz CT molecular complexity index is 1120. The van der Waals surface area contributed by atoms with Gasteiger partial charge in [-0.2, -0.15) is 5.10 Å². The second-order valence-corrected chi connectivity index (χ2v) is 8.39. The number of hydrogen-bond acceptors (Lipinski definition) is 5. The smallest absolute Gasteiger partial charge is 0.282 e. The van der Waals surface area contributed by atoms with Crippen molar-refractivity contribution in [3.63, 3.8) is 0 Å². The number of aromatic nitrogens is 4. The predicted octanol–water partition coefficient (Wildman–Crippen LogP) is 3.23. The van der Waals surface area contributed by atoms with Crippen molar-refractivity contribution in [2.75, 3.05) is 11.1 Å². The van der Waals surface area contributed by atoms with Crippen molar-refractivity contribution in [1.29, 1.82) is 0 Å². The van der Waals surface area contributed by atoms with Crippen LogP contribution in [0.3, 0.4) is 0 Å². The number of nitrogens with one attached hydrogen (secondary N) is 1. The van der Waals surface area contributed by atoms with Crippen LogP contribution in [0.1, 0.15) is 18.4 Å². The van der Waals surface area contributed by atoms with Crippen molar-refractivity contribution < 1.29 is 4.79 Å². The van der Waals surface area contributed by atoms with Gasteiger partial charge in [-0.05, 0) is 43.4 Å². The highest BCUT2D eigenvalue weighted by Gasteiger charge is 2.25. The highest BCUT2D eigenvalue weighted by atomic mass is 35.5. The van der Waals surface area contributed by atoms with Gasteiger partial charge in [-0.25, -0.2) is 4.98 Å². The second-order valence-electron chi connectivity index (χ2n) is 7.04. The molecule has 1 N–H and O–H groups in total. The van der Waals surface area contributed by atoms with Gasteiger partial charge in [0.1, 0.15) is 5.52 Å². The van der Waals surface area contributed by atoms with Gasteiger partial charge >= 0.3 is 0 Å². The third kappa shape index (κ3) is 3.93. The Labute approximate surface area is 171 Å². The molecule has 28 heavy (non-hydrogen) atoms. The lowest BCUT2D eigenvalue weighted by molar-refractivity contribution is -0.113. The molecule has 1 amide bonds. The zero-order valence-electron chi connectivity index (χ0n) is 15.6. The quantitative estimate of drug-likeness (QED) is 0.492. The number of amides is 1. The number of fused-ring (bicyclic) bond motifs is 1. The zero-order valence-corrected chi connectivity index (χ0v) is 17.2. The maximum atomic E-state index is 12.9. The fourth-order valence-electron chi connectivity index (χ4n) is 2.98. The minimum Gasteiger partial charge on any atom is -0.325 e. The molecule has 0 radical (unpaired) electrons. The Morgan fingerprint density at radius 2 is 2.18 bits per heavy atom. The number of hydrogen-bond donors (Lipinski definition) is 1. The number of aryl methyl sites for hydroxylation is 1. The molecule has 0 saturated heterocycles. The highest BCUT2D eigenvalue weighted by molar-refractivity contribution is 7.99. The van der Waals surface area contributed by atoms with Gasteiger partial charge < -0.3 is 5.32 Å². The van der Waals surface area contributed by atoms with Crippen LogP contribution >= 0.6 is 23.4 Å². The van der Waals surface area contributed by atoms with Crippen molar-refractivity contribution in [2.45, 2.75) is 31.5 Å². The van der Waals surface area contributed by atoms with Crippen molar-refractivity contribution in [1.82, 2.24) is 19.3 Å². The van der Waals surface area contributed by atoms with Crippen LogP contribution < -0.4 is 10.9 Å². The molecule has 1 aliphatic carbocycles. The monoisotopic (exact) mass is 417 g/mol. The molecular formula is C19H20ClN5O2S. The zero-order chi connectivity index (χ0) is 19.8. The van der Waals surface area contributed by atoms with Crippen molar-refractivity contribution in [2.24, 2.45) is 13.0 Å². The molecule has 2 heterocycles. The van der Waals surface area contributed by atoms with Crippen molar-refractivity contribution >= 4 is 46.0 Å². The Balaban J connectivity index is 1.55. The van der Waals surface area contributed by atoms with Crippen LogP contribution in [0.15, 0.2) is 34.3 Å². The first kappa shape index (κ1) is 19.0. The minimum absolute atomic E-state index is 0.147. The first-order chi connectivity index (χ1) is 13.4. The van der Waals surface area contributed by atoms with Gasteiger partial charge in [0.2, 0.25) is 5.91 Å². The first-order valence-electron chi connectivity index (χ1n) is 9.04. The summed E-state index contributed by atoms with van der Waals surface area (Å²) in [7, 11) is 1.76. The summed E-state index contributed by atoms with van der Waals surface area (Å²) < 4.78 is 3.25. The fourth-order valence-corrected chi connectivity index (χ4v) is 3.96. The molecule has 1 aromatic carbocycles. The highest BCUT2D eigenvalue weighted by Crippen LogP contribution is 2.31. The summed E-state index contributed by atoms with van der Waals surface area (Å²) in [6.07, 6.45) is 3.95. The molecule has 0 atom stereocenters. The van der Waals surface area contributed by atoms with Crippen LogP contribution in [0.25, 0.3) is 11.0 Å². The van der Waals surface area contributed by atoms with Crippen LogP contribution in [0.5, 0.6) is 0 Å². The Kier molecular flexibility index (Phi) is 5.16. The Morgan fingerprint density at radius 1 is 1.39 bits per heavy atom. The number of anilines is 1. The third-order valence-corrected chi connectivity index (χ3v) is 6.10. The average Bonchev–Trinajstić information content (AvgIpc) is 3.39. The Morgan fingerprint density at radius 3 is 2.93 bits per heavy atom. The molecule has 0 bridgehead atoms. The third-order valence-electron chi connectivity index (χ3n) is 4.72. The number of carbonyl (C=O) groups is 1. The predicted molar refractivity (Wildman–Crippen MR) is 111 cm³/mol. The molecular weight excluding hydrogens is 398 g/mol. The molecule has 0 unspecified atom stereocenters. The van der Waals surface area contributed by atoms with Crippen molar-refractivity contribution in [3.05, 3.63) is 45.3 Å². The van der Waals surface area contributed by atoms with E-state index in [4.69, 9.17) is 11.6 Å². The van der Waals surface area contributed by atoms with E-state index < -0.39 is 0 Å². The lowest BCUT2D eigenvalue weighted by Gasteiger charge is -2.12. The Hall–Kier alpha value is -2.32. The maximum absolute atomic E-state index is 12.9. The van der Waals surface area contributed by atoms with Crippen LogP contribution in [-0.4, -0.2) is 31.0 Å². The van der Waals surface area contributed by atoms with E-state index >= 15 is 0 Å². The van der Waals surface area contributed by atoms with E-state index in [-0.39, 0.29) is 17.2 Å². The summed E-state index contributed by atoms with van der Waals surface area (Å²) >= 11 is 7.37. The number of nitrogens with zero attached hydrogens (tertiary/aromatic N) is 4. The largest absolute Gasteiger partial charge is 0.325 e. The lowest BCUT2D eigenvalue weighted by atomic mass is 10.2. The van der Waals surface area contributed by atoms with Gasteiger partial charge in [0, 0.05) is 24.3 Å². The first-order valence-corrected chi connectivity index (χ1v) is 10.4. The van der Waals surface area contributed by atoms with Gasteiger partial charge in [0.25, 0.3) is 5.56 Å². The molecule has 2 aromatic heterocycles.